The molecule has 1 aromatic carbocycles. The lowest BCUT2D eigenvalue weighted by atomic mass is 9.98. The first kappa shape index (κ1) is 18.2. The molecular formula is C19H25NO4. The third-order valence-corrected chi connectivity index (χ3v) is 3.56. The molecule has 5 heteroatoms. The lowest BCUT2D eigenvalue weighted by Gasteiger charge is -2.28. The minimum Gasteiger partial charge on any atom is -0.444 e. The van der Waals surface area contributed by atoms with E-state index in [9.17, 15) is 9.59 Å². The summed E-state index contributed by atoms with van der Waals surface area (Å²) in [5.74, 6) is 0.00144. The summed E-state index contributed by atoms with van der Waals surface area (Å²) in [5, 5.41) is 2.87. The number of ketones is 1. The fourth-order valence-electron chi connectivity index (χ4n) is 2.54. The van der Waals surface area contributed by atoms with Gasteiger partial charge in [-0.15, -0.1) is 0 Å². The van der Waals surface area contributed by atoms with E-state index in [1.165, 1.54) is 6.08 Å². The van der Waals surface area contributed by atoms with Crippen molar-refractivity contribution in [3.8, 4) is 0 Å². The standard InChI is InChI=1S/C19H25NO4/c1-19(2,3)24-18(22)20-16(12-14-8-5-4-6-9-14)17-13-15(21)10-7-11-23-17/h4-10,16-17H,11-13H2,1-3H3,(H,20,22)/t16-,17?/m1/s1. The molecule has 1 amide bonds. The molecule has 0 spiro atoms. The Hall–Kier alpha value is -2.14. The summed E-state index contributed by atoms with van der Waals surface area (Å²) >= 11 is 0. The number of hydrogen-bond acceptors (Lipinski definition) is 4. The molecule has 1 unspecified atom stereocenters. The molecule has 0 saturated carbocycles. The second kappa shape index (κ2) is 8.11. The first-order valence-corrected chi connectivity index (χ1v) is 8.18. The van der Waals surface area contributed by atoms with Gasteiger partial charge in [-0.3, -0.25) is 4.79 Å². The third-order valence-electron chi connectivity index (χ3n) is 3.56. The van der Waals surface area contributed by atoms with Crippen molar-refractivity contribution in [2.24, 2.45) is 0 Å². The van der Waals surface area contributed by atoms with Crippen LogP contribution in [0.5, 0.6) is 0 Å². The largest absolute Gasteiger partial charge is 0.444 e. The minimum absolute atomic E-state index is 0.00144. The number of rotatable bonds is 4. The van der Waals surface area contributed by atoms with Crippen LogP contribution in [0.2, 0.25) is 0 Å². The molecule has 0 aromatic heterocycles. The quantitative estimate of drug-likeness (QED) is 0.921. The first-order valence-electron chi connectivity index (χ1n) is 8.18. The lowest BCUT2D eigenvalue weighted by molar-refractivity contribution is -0.117. The molecule has 1 aliphatic heterocycles. The predicted molar refractivity (Wildman–Crippen MR) is 91.8 cm³/mol. The second-order valence-corrected chi connectivity index (χ2v) is 6.89. The van der Waals surface area contributed by atoms with E-state index >= 15 is 0 Å². The molecule has 1 heterocycles. The van der Waals surface area contributed by atoms with Crippen molar-refractivity contribution in [3.63, 3.8) is 0 Å². The maximum Gasteiger partial charge on any atom is 0.407 e. The Balaban J connectivity index is 2.11. The topological polar surface area (TPSA) is 64.6 Å². The van der Waals surface area contributed by atoms with E-state index in [1.54, 1.807) is 6.08 Å². The van der Waals surface area contributed by atoms with Gasteiger partial charge in [-0.2, -0.15) is 0 Å². The smallest absolute Gasteiger partial charge is 0.407 e. The summed E-state index contributed by atoms with van der Waals surface area (Å²) in [7, 11) is 0. The highest BCUT2D eigenvalue weighted by Crippen LogP contribution is 2.16. The highest BCUT2D eigenvalue weighted by atomic mass is 16.6. The van der Waals surface area contributed by atoms with Gasteiger partial charge in [0.15, 0.2) is 5.78 Å². The van der Waals surface area contributed by atoms with Crippen LogP contribution in [-0.2, 0) is 20.7 Å². The van der Waals surface area contributed by atoms with Crippen molar-refractivity contribution in [1.29, 1.82) is 0 Å². The van der Waals surface area contributed by atoms with Gasteiger partial charge in [0.05, 0.1) is 18.8 Å². The number of hydrogen-bond donors (Lipinski definition) is 1. The zero-order valence-corrected chi connectivity index (χ0v) is 14.5. The Labute approximate surface area is 143 Å². The normalized spacial score (nSPS) is 19.5. The van der Waals surface area contributed by atoms with Gasteiger partial charge in [0.25, 0.3) is 0 Å². The molecule has 2 rings (SSSR count). The number of amides is 1. The van der Waals surface area contributed by atoms with E-state index in [2.05, 4.69) is 5.32 Å². The maximum absolute atomic E-state index is 12.2. The van der Waals surface area contributed by atoms with Crippen LogP contribution in [0.1, 0.15) is 32.8 Å². The summed E-state index contributed by atoms with van der Waals surface area (Å²) in [4.78, 5) is 24.0. The number of allylic oxidation sites excluding steroid dienone is 1. The van der Waals surface area contributed by atoms with Crippen LogP contribution in [0.15, 0.2) is 42.5 Å². The fraction of sp³-hybridized carbons (Fsp3) is 0.474. The summed E-state index contributed by atoms with van der Waals surface area (Å²) in [6.45, 7) is 5.80. The van der Waals surface area contributed by atoms with Crippen molar-refractivity contribution in [3.05, 3.63) is 48.0 Å². The van der Waals surface area contributed by atoms with Gasteiger partial charge in [-0.25, -0.2) is 4.79 Å². The third kappa shape index (κ3) is 6.16. The van der Waals surface area contributed by atoms with E-state index < -0.39 is 11.7 Å². The van der Waals surface area contributed by atoms with Crippen molar-refractivity contribution in [2.75, 3.05) is 6.61 Å². The predicted octanol–water partition coefficient (Wildman–Crippen LogP) is 3.04. The van der Waals surface area contributed by atoms with Crippen LogP contribution in [0.3, 0.4) is 0 Å². The van der Waals surface area contributed by atoms with Crippen molar-refractivity contribution >= 4 is 11.9 Å². The SMILES string of the molecule is CC(C)(C)OC(=O)N[C@H](Cc1ccccc1)C1CC(=O)C=CCO1. The van der Waals surface area contributed by atoms with Crippen LogP contribution in [-0.4, -0.2) is 36.2 Å². The molecule has 1 aromatic rings. The van der Waals surface area contributed by atoms with E-state index in [4.69, 9.17) is 9.47 Å². The van der Waals surface area contributed by atoms with Crippen LogP contribution in [0.25, 0.3) is 0 Å². The van der Waals surface area contributed by atoms with Gasteiger partial charge >= 0.3 is 6.09 Å². The van der Waals surface area contributed by atoms with Gasteiger partial charge in [-0.1, -0.05) is 36.4 Å². The molecule has 0 fully saturated rings. The molecule has 24 heavy (non-hydrogen) atoms. The maximum atomic E-state index is 12.2. The van der Waals surface area contributed by atoms with Crippen LogP contribution in [0.4, 0.5) is 4.79 Å². The van der Waals surface area contributed by atoms with E-state index in [0.717, 1.165) is 5.56 Å². The van der Waals surface area contributed by atoms with Gasteiger partial charge in [0.2, 0.25) is 0 Å². The summed E-state index contributed by atoms with van der Waals surface area (Å²) in [6.07, 6.45) is 3.15. The van der Waals surface area contributed by atoms with Crippen LogP contribution < -0.4 is 5.32 Å². The first-order chi connectivity index (χ1) is 11.3. The molecule has 1 N–H and O–H groups in total. The van der Waals surface area contributed by atoms with E-state index in [-0.39, 0.29) is 24.3 Å². The Morgan fingerprint density at radius 3 is 2.71 bits per heavy atom. The average molecular weight is 331 g/mol. The molecule has 0 bridgehead atoms. The van der Waals surface area contributed by atoms with Gasteiger partial charge in [-0.05, 0) is 38.8 Å². The summed E-state index contributed by atoms with van der Waals surface area (Å²) in [6, 6.07) is 9.46. The molecule has 0 radical (unpaired) electrons. The number of carbonyl (C=O) groups is 2. The molecular weight excluding hydrogens is 306 g/mol. The highest BCUT2D eigenvalue weighted by molar-refractivity contribution is 5.90. The Morgan fingerprint density at radius 2 is 2.04 bits per heavy atom. The average Bonchev–Trinajstić information content (AvgIpc) is 2.70. The number of carbonyl (C=O) groups excluding carboxylic acids is 2. The van der Waals surface area contributed by atoms with Gasteiger partial charge in [0, 0.05) is 6.42 Å². The van der Waals surface area contributed by atoms with E-state index in [0.29, 0.717) is 13.0 Å². The zero-order valence-electron chi connectivity index (χ0n) is 14.5. The molecule has 5 nitrogen and oxygen atoms in total. The van der Waals surface area contributed by atoms with Crippen LogP contribution >= 0.6 is 0 Å². The van der Waals surface area contributed by atoms with Crippen molar-refractivity contribution < 1.29 is 19.1 Å². The Bertz CT molecular complexity index is 589. The second-order valence-electron chi connectivity index (χ2n) is 6.89. The Kier molecular flexibility index (Phi) is 6.15. The Morgan fingerprint density at radius 1 is 1.33 bits per heavy atom. The van der Waals surface area contributed by atoms with Crippen molar-refractivity contribution in [1.82, 2.24) is 5.32 Å². The minimum atomic E-state index is -0.580. The number of nitrogens with one attached hydrogen (secondary N) is 1. The molecule has 0 aliphatic carbocycles. The number of benzene rings is 1. The molecule has 0 saturated heterocycles. The van der Waals surface area contributed by atoms with Gasteiger partial charge in [0.1, 0.15) is 5.60 Å². The fourth-order valence-corrected chi connectivity index (χ4v) is 2.54. The molecule has 130 valence electrons. The summed E-state index contributed by atoms with van der Waals surface area (Å²) in [5.41, 5.74) is 0.482. The number of alkyl carbamates (subject to hydrolysis) is 1. The van der Waals surface area contributed by atoms with E-state index in [1.807, 2.05) is 51.1 Å². The molecule has 2 atom stereocenters. The van der Waals surface area contributed by atoms with Crippen LogP contribution in [0, 0.1) is 0 Å². The molecule has 1 aliphatic rings. The van der Waals surface area contributed by atoms with Crippen molar-refractivity contribution in [2.45, 2.75) is 51.4 Å². The monoisotopic (exact) mass is 331 g/mol. The zero-order chi connectivity index (χ0) is 17.6. The lowest BCUT2D eigenvalue weighted by Crippen LogP contribution is -2.48. The van der Waals surface area contributed by atoms with Gasteiger partial charge < -0.3 is 14.8 Å². The highest BCUT2D eigenvalue weighted by Gasteiger charge is 2.29. The summed E-state index contributed by atoms with van der Waals surface area (Å²) < 4.78 is 11.1. The number of ether oxygens (including phenoxy) is 2.